The van der Waals surface area contributed by atoms with Gasteiger partial charge in [-0.15, -0.1) is 0 Å². The zero-order valence-electron chi connectivity index (χ0n) is 15.2. The Morgan fingerprint density at radius 1 is 1.00 bits per heavy atom. The van der Waals surface area contributed by atoms with Crippen LogP contribution in [0.25, 0.3) is 0 Å². The van der Waals surface area contributed by atoms with E-state index in [9.17, 15) is 13.2 Å². The topological polar surface area (TPSA) is 66.5 Å². The molecule has 0 atom stereocenters. The first kappa shape index (κ1) is 18.6. The fraction of sp³-hybridized carbons (Fsp3) is 0.350. The molecule has 1 aliphatic rings. The van der Waals surface area contributed by atoms with E-state index in [1.54, 1.807) is 18.2 Å². The van der Waals surface area contributed by atoms with Crippen molar-refractivity contribution in [3.63, 3.8) is 0 Å². The molecule has 2 aromatic rings. The van der Waals surface area contributed by atoms with Gasteiger partial charge < -0.3 is 5.32 Å². The number of hydrogen-bond acceptors (Lipinski definition) is 3. The van der Waals surface area contributed by atoms with Gasteiger partial charge >= 0.3 is 0 Å². The van der Waals surface area contributed by atoms with Crippen molar-refractivity contribution in [3.8, 4) is 0 Å². The second kappa shape index (κ2) is 7.60. The number of hydrogen-bond donors (Lipinski definition) is 1. The molecule has 0 unspecified atom stereocenters. The molecule has 1 saturated heterocycles. The SMILES string of the molecule is Cc1ccc(C)c(C(=O)Nc2cccc(S(=O)(=O)N3CCCCC3)c2)c1. The fourth-order valence-electron chi connectivity index (χ4n) is 3.17. The van der Waals surface area contributed by atoms with Gasteiger partial charge in [-0.05, 0) is 56.5 Å². The lowest BCUT2D eigenvalue weighted by molar-refractivity contribution is 0.102. The van der Waals surface area contributed by atoms with Gasteiger partial charge in [-0.2, -0.15) is 4.31 Å². The van der Waals surface area contributed by atoms with E-state index in [4.69, 9.17) is 0 Å². The van der Waals surface area contributed by atoms with Gasteiger partial charge in [0.1, 0.15) is 0 Å². The maximum absolute atomic E-state index is 12.8. The molecule has 1 amide bonds. The van der Waals surface area contributed by atoms with Crippen LogP contribution in [0.2, 0.25) is 0 Å². The molecule has 0 spiro atoms. The average molecular weight is 372 g/mol. The third-order valence-corrected chi connectivity index (χ3v) is 6.58. The Kier molecular flexibility index (Phi) is 5.44. The molecule has 0 saturated carbocycles. The Morgan fingerprint density at radius 3 is 2.46 bits per heavy atom. The van der Waals surface area contributed by atoms with Crippen LogP contribution in [0.5, 0.6) is 0 Å². The van der Waals surface area contributed by atoms with Gasteiger partial charge in [-0.25, -0.2) is 8.42 Å². The van der Waals surface area contributed by atoms with Gasteiger partial charge in [0.2, 0.25) is 10.0 Å². The number of carbonyl (C=O) groups excluding carboxylic acids is 1. The van der Waals surface area contributed by atoms with E-state index in [1.165, 1.54) is 10.4 Å². The van der Waals surface area contributed by atoms with Gasteiger partial charge in [0, 0.05) is 24.3 Å². The number of carbonyl (C=O) groups is 1. The minimum Gasteiger partial charge on any atom is -0.322 e. The van der Waals surface area contributed by atoms with Crippen molar-refractivity contribution in [1.82, 2.24) is 4.31 Å². The predicted octanol–water partition coefficient (Wildman–Crippen LogP) is 3.73. The molecule has 1 fully saturated rings. The second-order valence-electron chi connectivity index (χ2n) is 6.77. The van der Waals surface area contributed by atoms with Crippen molar-refractivity contribution in [3.05, 3.63) is 59.2 Å². The lowest BCUT2D eigenvalue weighted by atomic mass is 10.1. The van der Waals surface area contributed by atoms with Crippen molar-refractivity contribution in [2.45, 2.75) is 38.0 Å². The predicted molar refractivity (Wildman–Crippen MR) is 103 cm³/mol. The first-order valence-corrected chi connectivity index (χ1v) is 10.3. The number of sulfonamides is 1. The Hall–Kier alpha value is -2.18. The molecule has 5 nitrogen and oxygen atoms in total. The summed E-state index contributed by atoms with van der Waals surface area (Å²) < 4.78 is 27.1. The number of nitrogens with one attached hydrogen (secondary N) is 1. The van der Waals surface area contributed by atoms with Gasteiger partial charge in [-0.3, -0.25) is 4.79 Å². The number of piperidine rings is 1. The van der Waals surface area contributed by atoms with Crippen LogP contribution in [0.1, 0.15) is 40.7 Å². The zero-order chi connectivity index (χ0) is 18.7. The van der Waals surface area contributed by atoms with Crippen molar-refractivity contribution in [1.29, 1.82) is 0 Å². The Bertz CT molecular complexity index is 916. The van der Waals surface area contributed by atoms with Crippen LogP contribution in [0.4, 0.5) is 5.69 Å². The molecule has 1 N–H and O–H groups in total. The molecule has 2 aromatic carbocycles. The van der Waals surface area contributed by atoms with Crippen LogP contribution in [0.15, 0.2) is 47.4 Å². The number of aryl methyl sites for hydroxylation is 2. The van der Waals surface area contributed by atoms with Gasteiger partial charge in [-0.1, -0.05) is 30.2 Å². The molecule has 138 valence electrons. The number of rotatable bonds is 4. The molecular formula is C20H24N2O3S. The first-order valence-electron chi connectivity index (χ1n) is 8.87. The van der Waals surface area contributed by atoms with E-state index in [2.05, 4.69) is 5.32 Å². The van der Waals surface area contributed by atoms with E-state index in [-0.39, 0.29) is 10.8 Å². The highest BCUT2D eigenvalue weighted by Crippen LogP contribution is 2.23. The normalized spacial score (nSPS) is 15.6. The number of anilines is 1. The largest absolute Gasteiger partial charge is 0.322 e. The van der Waals surface area contributed by atoms with E-state index >= 15 is 0 Å². The Labute approximate surface area is 155 Å². The van der Waals surface area contributed by atoms with E-state index in [0.29, 0.717) is 24.3 Å². The van der Waals surface area contributed by atoms with Gasteiger partial charge in [0.05, 0.1) is 4.90 Å². The highest BCUT2D eigenvalue weighted by Gasteiger charge is 2.26. The monoisotopic (exact) mass is 372 g/mol. The standard InChI is InChI=1S/C20H24N2O3S/c1-15-9-10-16(2)19(13-15)20(23)21-17-7-6-8-18(14-17)26(24,25)22-11-4-3-5-12-22/h6-10,13-14H,3-5,11-12H2,1-2H3,(H,21,23). The molecule has 1 aliphatic heterocycles. The molecule has 0 bridgehead atoms. The molecule has 26 heavy (non-hydrogen) atoms. The van der Waals surface area contributed by atoms with Crippen LogP contribution in [0.3, 0.4) is 0 Å². The summed E-state index contributed by atoms with van der Waals surface area (Å²) in [5.41, 5.74) is 2.95. The van der Waals surface area contributed by atoms with Crippen LogP contribution in [0, 0.1) is 13.8 Å². The van der Waals surface area contributed by atoms with Crippen LogP contribution in [-0.4, -0.2) is 31.7 Å². The summed E-state index contributed by atoms with van der Waals surface area (Å²) in [6.07, 6.45) is 2.85. The average Bonchev–Trinajstić information content (AvgIpc) is 2.64. The van der Waals surface area contributed by atoms with Crippen molar-refractivity contribution >= 4 is 21.6 Å². The smallest absolute Gasteiger partial charge is 0.255 e. The molecule has 0 aromatic heterocycles. The lowest BCUT2D eigenvalue weighted by Crippen LogP contribution is -2.35. The highest BCUT2D eigenvalue weighted by molar-refractivity contribution is 7.89. The fourth-order valence-corrected chi connectivity index (χ4v) is 4.73. The molecular weight excluding hydrogens is 348 g/mol. The number of nitrogens with zero attached hydrogens (tertiary/aromatic N) is 1. The third kappa shape index (κ3) is 3.97. The Morgan fingerprint density at radius 2 is 1.73 bits per heavy atom. The van der Waals surface area contributed by atoms with Crippen molar-refractivity contribution in [2.24, 2.45) is 0 Å². The molecule has 0 aliphatic carbocycles. The summed E-state index contributed by atoms with van der Waals surface area (Å²) in [7, 11) is -3.52. The summed E-state index contributed by atoms with van der Waals surface area (Å²) in [5.74, 6) is -0.237. The van der Waals surface area contributed by atoms with E-state index in [0.717, 1.165) is 30.4 Å². The maximum Gasteiger partial charge on any atom is 0.255 e. The first-order chi connectivity index (χ1) is 12.4. The summed E-state index contributed by atoms with van der Waals surface area (Å²) >= 11 is 0. The van der Waals surface area contributed by atoms with Crippen molar-refractivity contribution < 1.29 is 13.2 Å². The molecule has 3 rings (SSSR count). The van der Waals surface area contributed by atoms with E-state index in [1.807, 2.05) is 32.0 Å². The van der Waals surface area contributed by atoms with Gasteiger partial charge in [0.15, 0.2) is 0 Å². The van der Waals surface area contributed by atoms with Gasteiger partial charge in [0.25, 0.3) is 5.91 Å². The molecule has 6 heteroatoms. The maximum atomic E-state index is 12.8. The van der Waals surface area contributed by atoms with Crippen LogP contribution < -0.4 is 5.32 Å². The summed E-state index contributed by atoms with van der Waals surface area (Å²) in [5, 5.41) is 2.82. The lowest BCUT2D eigenvalue weighted by Gasteiger charge is -2.26. The minimum absolute atomic E-state index is 0.221. The quantitative estimate of drug-likeness (QED) is 0.889. The second-order valence-corrected chi connectivity index (χ2v) is 8.70. The third-order valence-electron chi connectivity index (χ3n) is 4.68. The van der Waals surface area contributed by atoms with E-state index < -0.39 is 10.0 Å². The summed E-state index contributed by atoms with van der Waals surface area (Å²) in [4.78, 5) is 12.8. The number of amides is 1. The van der Waals surface area contributed by atoms with Crippen LogP contribution in [-0.2, 0) is 10.0 Å². The molecule has 0 radical (unpaired) electrons. The zero-order valence-corrected chi connectivity index (χ0v) is 16.0. The molecule has 1 heterocycles. The highest BCUT2D eigenvalue weighted by atomic mass is 32.2. The Balaban J connectivity index is 1.83. The summed E-state index contributed by atoms with van der Waals surface area (Å²) in [6, 6.07) is 12.2. The summed E-state index contributed by atoms with van der Waals surface area (Å²) in [6.45, 7) is 4.93. The van der Waals surface area contributed by atoms with Crippen LogP contribution >= 0.6 is 0 Å². The number of benzene rings is 2. The minimum atomic E-state index is -3.52. The van der Waals surface area contributed by atoms with Crippen molar-refractivity contribution in [2.75, 3.05) is 18.4 Å².